The molecule has 0 aliphatic rings. The lowest BCUT2D eigenvalue weighted by Crippen LogP contribution is -2.14. The van der Waals surface area contributed by atoms with Gasteiger partial charge in [0.05, 0.1) is 11.4 Å². The summed E-state index contributed by atoms with van der Waals surface area (Å²) in [4.78, 5) is 12.9. The molecule has 9 heteroatoms. The van der Waals surface area contributed by atoms with Crippen LogP contribution in [0.25, 0.3) is 11.9 Å². The monoisotopic (exact) mass is 285 g/mol. The fourth-order valence-corrected chi connectivity index (χ4v) is 2.00. The average molecular weight is 285 g/mol. The van der Waals surface area contributed by atoms with Gasteiger partial charge in [-0.1, -0.05) is 0 Å². The minimum Gasteiger partial charge on any atom is -0.383 e. The smallest absolute Gasteiger partial charge is 0.257 e. The van der Waals surface area contributed by atoms with E-state index in [0.717, 1.165) is 11.4 Å². The van der Waals surface area contributed by atoms with Crippen LogP contribution in [-0.4, -0.2) is 34.5 Å². The average Bonchev–Trinajstić information content (AvgIpc) is 2.90. The van der Waals surface area contributed by atoms with E-state index in [9.17, 15) is 0 Å². The molecule has 0 spiro atoms. The van der Waals surface area contributed by atoms with Crippen LogP contribution in [0.15, 0.2) is 12.1 Å². The first kappa shape index (κ1) is 13.0. The third-order valence-corrected chi connectivity index (χ3v) is 2.82. The molecule has 3 rings (SSSR count). The Balaban J connectivity index is 2.17. The van der Waals surface area contributed by atoms with Crippen LogP contribution in [-0.2, 0) is 0 Å². The van der Waals surface area contributed by atoms with Gasteiger partial charge in [-0.2, -0.15) is 34.5 Å². The molecule has 0 bridgehead atoms. The van der Waals surface area contributed by atoms with E-state index in [-0.39, 0.29) is 0 Å². The van der Waals surface area contributed by atoms with Gasteiger partial charge >= 0.3 is 0 Å². The number of aromatic nitrogens is 7. The number of hydrogen-bond donors (Lipinski definition) is 2. The van der Waals surface area contributed by atoms with Crippen LogP contribution in [0.3, 0.4) is 0 Å². The maximum Gasteiger partial charge on any atom is 0.257 e. The van der Waals surface area contributed by atoms with Crippen molar-refractivity contribution >= 4 is 11.6 Å². The standard InChI is InChI=1S/C12H15N9/c1-6-4-9(13)20(18-6)11-15-8(3)16-12(17-11)21-10(14)5-7(2)19-21/h4-5H,13-14H2,1-3H3. The van der Waals surface area contributed by atoms with Crippen LogP contribution < -0.4 is 11.5 Å². The summed E-state index contributed by atoms with van der Waals surface area (Å²) in [6, 6.07) is 3.48. The van der Waals surface area contributed by atoms with Gasteiger partial charge in [-0.25, -0.2) is 0 Å². The quantitative estimate of drug-likeness (QED) is 0.694. The first-order valence-electron chi connectivity index (χ1n) is 6.32. The van der Waals surface area contributed by atoms with Crippen LogP contribution >= 0.6 is 0 Å². The van der Waals surface area contributed by atoms with Gasteiger partial charge in [0.25, 0.3) is 11.9 Å². The van der Waals surface area contributed by atoms with Gasteiger partial charge in [0.2, 0.25) is 0 Å². The SMILES string of the molecule is Cc1cc(N)n(-c2nc(C)nc(-n3nc(C)cc3N)n2)n1. The Morgan fingerprint density at radius 1 is 0.762 bits per heavy atom. The number of anilines is 2. The van der Waals surface area contributed by atoms with E-state index in [1.807, 2.05) is 13.8 Å². The summed E-state index contributed by atoms with van der Waals surface area (Å²) in [5.41, 5.74) is 13.4. The highest BCUT2D eigenvalue weighted by molar-refractivity contribution is 5.39. The molecule has 0 aliphatic carbocycles. The molecule has 108 valence electrons. The third-order valence-electron chi connectivity index (χ3n) is 2.82. The van der Waals surface area contributed by atoms with Gasteiger partial charge in [0.1, 0.15) is 17.5 Å². The van der Waals surface area contributed by atoms with Crippen molar-refractivity contribution in [3.05, 3.63) is 29.3 Å². The lowest BCUT2D eigenvalue weighted by atomic mass is 10.5. The molecular formula is C12H15N9. The number of aryl methyl sites for hydroxylation is 3. The molecule has 0 aliphatic heterocycles. The highest BCUT2D eigenvalue weighted by atomic mass is 15.4. The molecule has 0 radical (unpaired) electrons. The molecule has 0 saturated heterocycles. The number of nitrogens with two attached hydrogens (primary N) is 2. The zero-order valence-electron chi connectivity index (χ0n) is 11.9. The molecule has 0 fully saturated rings. The molecule has 0 saturated carbocycles. The maximum atomic E-state index is 5.90. The molecule has 0 aromatic carbocycles. The Morgan fingerprint density at radius 2 is 1.19 bits per heavy atom. The second-order valence-corrected chi connectivity index (χ2v) is 4.73. The van der Waals surface area contributed by atoms with Crippen LogP contribution in [0.5, 0.6) is 0 Å². The molecule has 4 N–H and O–H groups in total. The van der Waals surface area contributed by atoms with Crippen molar-refractivity contribution in [3.63, 3.8) is 0 Å². The first-order chi connectivity index (χ1) is 9.94. The van der Waals surface area contributed by atoms with Gasteiger partial charge in [-0.3, -0.25) is 0 Å². The summed E-state index contributed by atoms with van der Waals surface area (Å²) in [5, 5.41) is 8.52. The van der Waals surface area contributed by atoms with Crippen molar-refractivity contribution in [2.75, 3.05) is 11.5 Å². The van der Waals surface area contributed by atoms with Crippen molar-refractivity contribution in [1.29, 1.82) is 0 Å². The van der Waals surface area contributed by atoms with Crippen molar-refractivity contribution in [3.8, 4) is 11.9 Å². The summed E-state index contributed by atoms with van der Waals surface area (Å²) in [7, 11) is 0. The summed E-state index contributed by atoms with van der Waals surface area (Å²) >= 11 is 0. The van der Waals surface area contributed by atoms with Gasteiger partial charge in [0, 0.05) is 12.1 Å². The van der Waals surface area contributed by atoms with E-state index in [4.69, 9.17) is 11.5 Å². The van der Waals surface area contributed by atoms with E-state index in [0.29, 0.717) is 29.4 Å². The number of nitrogen functional groups attached to an aromatic ring is 2. The number of hydrogen-bond acceptors (Lipinski definition) is 7. The first-order valence-corrected chi connectivity index (χ1v) is 6.32. The van der Waals surface area contributed by atoms with Crippen LogP contribution in [0.1, 0.15) is 17.2 Å². The molecule has 9 nitrogen and oxygen atoms in total. The second-order valence-electron chi connectivity index (χ2n) is 4.73. The Bertz CT molecular complexity index is 750. The van der Waals surface area contributed by atoms with Crippen molar-refractivity contribution in [2.45, 2.75) is 20.8 Å². The van der Waals surface area contributed by atoms with E-state index >= 15 is 0 Å². The number of rotatable bonds is 2. The molecular weight excluding hydrogens is 270 g/mol. The zero-order chi connectivity index (χ0) is 15.1. The Hall–Kier alpha value is -2.97. The Labute approximate surface area is 120 Å². The molecule has 0 amide bonds. The fourth-order valence-electron chi connectivity index (χ4n) is 2.00. The highest BCUT2D eigenvalue weighted by Gasteiger charge is 2.13. The largest absolute Gasteiger partial charge is 0.383 e. The van der Waals surface area contributed by atoms with Crippen LogP contribution in [0.4, 0.5) is 11.6 Å². The van der Waals surface area contributed by atoms with Crippen molar-refractivity contribution < 1.29 is 0 Å². The summed E-state index contributed by atoms with van der Waals surface area (Å²) in [5.74, 6) is 2.09. The highest BCUT2D eigenvalue weighted by Crippen LogP contribution is 2.14. The van der Waals surface area contributed by atoms with Crippen molar-refractivity contribution in [2.24, 2.45) is 0 Å². The van der Waals surface area contributed by atoms with E-state index in [1.54, 1.807) is 19.1 Å². The molecule has 21 heavy (non-hydrogen) atoms. The third kappa shape index (κ3) is 2.29. The predicted molar refractivity (Wildman–Crippen MR) is 77.1 cm³/mol. The number of nitrogens with zero attached hydrogens (tertiary/aromatic N) is 7. The molecule has 3 aromatic rings. The maximum absolute atomic E-state index is 5.90. The van der Waals surface area contributed by atoms with Crippen molar-refractivity contribution in [1.82, 2.24) is 34.5 Å². The van der Waals surface area contributed by atoms with Gasteiger partial charge in [-0.05, 0) is 20.8 Å². The minimum atomic E-state index is 0.329. The molecule has 0 atom stereocenters. The summed E-state index contributed by atoms with van der Waals surface area (Å²) in [6.07, 6.45) is 0. The Kier molecular flexibility index (Phi) is 2.82. The summed E-state index contributed by atoms with van der Waals surface area (Å²) < 4.78 is 2.92. The van der Waals surface area contributed by atoms with Crippen LogP contribution in [0.2, 0.25) is 0 Å². The zero-order valence-corrected chi connectivity index (χ0v) is 11.9. The van der Waals surface area contributed by atoms with Crippen LogP contribution in [0, 0.1) is 20.8 Å². The molecule has 3 heterocycles. The minimum absolute atomic E-state index is 0.329. The van der Waals surface area contributed by atoms with E-state index < -0.39 is 0 Å². The topological polar surface area (TPSA) is 126 Å². The Morgan fingerprint density at radius 3 is 1.52 bits per heavy atom. The predicted octanol–water partition coefficient (Wildman–Crippen LogP) is 0.333. The second kappa shape index (κ2) is 4.54. The molecule has 3 aromatic heterocycles. The molecule has 0 unspecified atom stereocenters. The fraction of sp³-hybridized carbons (Fsp3) is 0.250. The van der Waals surface area contributed by atoms with E-state index in [2.05, 4.69) is 25.1 Å². The van der Waals surface area contributed by atoms with E-state index in [1.165, 1.54) is 9.36 Å². The normalized spacial score (nSPS) is 11.0. The van der Waals surface area contributed by atoms with Gasteiger partial charge in [-0.15, -0.1) is 0 Å². The van der Waals surface area contributed by atoms with Gasteiger partial charge in [0.15, 0.2) is 0 Å². The summed E-state index contributed by atoms with van der Waals surface area (Å²) in [6.45, 7) is 5.45. The lowest BCUT2D eigenvalue weighted by molar-refractivity contribution is 0.732. The lowest BCUT2D eigenvalue weighted by Gasteiger charge is -2.07. The van der Waals surface area contributed by atoms with Gasteiger partial charge < -0.3 is 11.5 Å².